The second-order valence-electron chi connectivity index (χ2n) is 3.46. The number of anilines is 1. The monoisotopic (exact) mass is 287 g/mol. The molecule has 0 radical (unpaired) electrons. The SMILES string of the molecule is CCNc1nc(Cc2ccc(Cl)cc2Cl)ns1. The molecular weight excluding hydrogens is 277 g/mol. The summed E-state index contributed by atoms with van der Waals surface area (Å²) in [7, 11) is 0. The number of hydrogen-bond donors (Lipinski definition) is 1. The van der Waals surface area contributed by atoms with Crippen molar-refractivity contribution in [1.29, 1.82) is 0 Å². The van der Waals surface area contributed by atoms with E-state index in [1.165, 1.54) is 11.5 Å². The lowest BCUT2D eigenvalue weighted by Gasteiger charge is -2.01. The van der Waals surface area contributed by atoms with Gasteiger partial charge in [-0.25, -0.2) is 4.98 Å². The van der Waals surface area contributed by atoms with E-state index in [1.807, 2.05) is 19.1 Å². The van der Waals surface area contributed by atoms with Gasteiger partial charge in [0, 0.05) is 34.5 Å². The topological polar surface area (TPSA) is 37.8 Å². The molecule has 0 aliphatic heterocycles. The Morgan fingerprint density at radius 1 is 1.35 bits per heavy atom. The largest absolute Gasteiger partial charge is 0.361 e. The molecule has 0 bridgehead atoms. The molecule has 0 atom stereocenters. The zero-order valence-electron chi connectivity index (χ0n) is 9.20. The van der Waals surface area contributed by atoms with Crippen LogP contribution in [0.25, 0.3) is 0 Å². The van der Waals surface area contributed by atoms with E-state index in [-0.39, 0.29) is 0 Å². The molecule has 90 valence electrons. The Morgan fingerprint density at radius 2 is 2.18 bits per heavy atom. The van der Waals surface area contributed by atoms with Crippen LogP contribution in [-0.2, 0) is 6.42 Å². The summed E-state index contributed by atoms with van der Waals surface area (Å²) < 4.78 is 4.27. The predicted molar refractivity (Wildman–Crippen MR) is 73.3 cm³/mol. The minimum atomic E-state index is 0.623. The summed E-state index contributed by atoms with van der Waals surface area (Å²) in [6, 6.07) is 5.45. The molecule has 1 aromatic carbocycles. The summed E-state index contributed by atoms with van der Waals surface area (Å²) >= 11 is 13.3. The molecule has 0 aliphatic rings. The lowest BCUT2D eigenvalue weighted by atomic mass is 10.1. The number of rotatable bonds is 4. The summed E-state index contributed by atoms with van der Waals surface area (Å²) in [4.78, 5) is 4.36. The van der Waals surface area contributed by atoms with Crippen molar-refractivity contribution in [2.75, 3.05) is 11.9 Å². The Morgan fingerprint density at radius 3 is 2.88 bits per heavy atom. The number of benzene rings is 1. The third-order valence-corrected chi connectivity index (χ3v) is 3.46. The molecule has 0 aliphatic carbocycles. The van der Waals surface area contributed by atoms with E-state index in [2.05, 4.69) is 14.7 Å². The zero-order chi connectivity index (χ0) is 12.3. The van der Waals surface area contributed by atoms with Crippen molar-refractivity contribution in [2.45, 2.75) is 13.3 Å². The van der Waals surface area contributed by atoms with Crippen LogP contribution in [-0.4, -0.2) is 15.9 Å². The molecule has 1 N–H and O–H groups in total. The van der Waals surface area contributed by atoms with Crippen molar-refractivity contribution in [3.8, 4) is 0 Å². The molecule has 0 saturated heterocycles. The van der Waals surface area contributed by atoms with E-state index < -0.39 is 0 Å². The van der Waals surface area contributed by atoms with E-state index in [1.54, 1.807) is 6.07 Å². The minimum Gasteiger partial charge on any atom is -0.361 e. The van der Waals surface area contributed by atoms with Gasteiger partial charge in [0.25, 0.3) is 0 Å². The standard InChI is InChI=1S/C11H11Cl2N3S/c1-2-14-11-15-10(16-17-11)5-7-3-4-8(12)6-9(7)13/h3-4,6H,2,5H2,1H3,(H,14,15,16). The Kier molecular flexibility index (Phi) is 4.20. The quantitative estimate of drug-likeness (QED) is 0.928. The molecule has 1 heterocycles. The molecule has 0 spiro atoms. The first kappa shape index (κ1) is 12.6. The molecule has 1 aromatic heterocycles. The Labute approximate surface area is 114 Å². The number of nitrogens with zero attached hydrogens (tertiary/aromatic N) is 2. The number of aromatic nitrogens is 2. The highest BCUT2D eigenvalue weighted by atomic mass is 35.5. The Balaban J connectivity index is 2.13. The van der Waals surface area contributed by atoms with Gasteiger partial charge in [0.05, 0.1) is 0 Å². The van der Waals surface area contributed by atoms with Crippen LogP contribution < -0.4 is 5.32 Å². The van der Waals surface area contributed by atoms with Gasteiger partial charge >= 0.3 is 0 Å². The average molecular weight is 288 g/mol. The van der Waals surface area contributed by atoms with Crippen molar-refractivity contribution < 1.29 is 0 Å². The number of nitrogens with one attached hydrogen (secondary N) is 1. The molecule has 6 heteroatoms. The lowest BCUT2D eigenvalue weighted by molar-refractivity contribution is 1.03. The Hall–Kier alpha value is -0.840. The van der Waals surface area contributed by atoms with Crippen molar-refractivity contribution in [3.63, 3.8) is 0 Å². The molecule has 0 fully saturated rings. The third-order valence-electron chi connectivity index (χ3n) is 2.16. The summed E-state index contributed by atoms with van der Waals surface area (Å²) in [6.07, 6.45) is 0.623. The summed E-state index contributed by atoms with van der Waals surface area (Å²) in [5.41, 5.74) is 0.983. The number of hydrogen-bond acceptors (Lipinski definition) is 4. The first-order valence-electron chi connectivity index (χ1n) is 5.19. The highest BCUT2D eigenvalue weighted by Crippen LogP contribution is 2.23. The van der Waals surface area contributed by atoms with Crippen molar-refractivity contribution in [1.82, 2.24) is 9.36 Å². The number of halogens is 2. The van der Waals surface area contributed by atoms with E-state index in [9.17, 15) is 0 Å². The predicted octanol–water partition coefficient (Wildman–Crippen LogP) is 3.87. The van der Waals surface area contributed by atoms with Gasteiger partial charge in [-0.05, 0) is 24.6 Å². The van der Waals surface area contributed by atoms with Gasteiger partial charge in [0.2, 0.25) is 5.13 Å². The van der Waals surface area contributed by atoms with E-state index >= 15 is 0 Å². The average Bonchev–Trinajstić information content (AvgIpc) is 2.71. The van der Waals surface area contributed by atoms with Crippen LogP contribution in [0.3, 0.4) is 0 Å². The van der Waals surface area contributed by atoms with Crippen LogP contribution in [0.4, 0.5) is 5.13 Å². The first-order valence-corrected chi connectivity index (χ1v) is 6.72. The summed E-state index contributed by atoms with van der Waals surface area (Å²) in [5.74, 6) is 0.773. The smallest absolute Gasteiger partial charge is 0.202 e. The zero-order valence-corrected chi connectivity index (χ0v) is 11.5. The van der Waals surface area contributed by atoms with Crippen LogP contribution in [0.5, 0.6) is 0 Å². The summed E-state index contributed by atoms with van der Waals surface area (Å²) in [6.45, 7) is 2.87. The van der Waals surface area contributed by atoms with Crippen LogP contribution >= 0.6 is 34.7 Å². The van der Waals surface area contributed by atoms with Gasteiger partial charge in [0.15, 0.2) is 0 Å². The fourth-order valence-electron chi connectivity index (χ4n) is 1.38. The van der Waals surface area contributed by atoms with Gasteiger partial charge in [-0.15, -0.1) is 0 Å². The fraction of sp³-hybridized carbons (Fsp3) is 0.273. The van der Waals surface area contributed by atoms with E-state index in [0.29, 0.717) is 16.5 Å². The van der Waals surface area contributed by atoms with Gasteiger partial charge in [-0.2, -0.15) is 4.37 Å². The van der Waals surface area contributed by atoms with Crippen molar-refractivity contribution >= 4 is 39.9 Å². The summed E-state index contributed by atoms with van der Waals surface area (Å²) in [5, 5.41) is 5.26. The van der Waals surface area contributed by atoms with Crippen molar-refractivity contribution in [3.05, 3.63) is 39.6 Å². The van der Waals surface area contributed by atoms with Gasteiger partial charge in [0.1, 0.15) is 5.82 Å². The molecule has 0 unspecified atom stereocenters. The third kappa shape index (κ3) is 3.31. The van der Waals surface area contributed by atoms with Crippen LogP contribution in [0, 0.1) is 0 Å². The molecule has 3 nitrogen and oxygen atoms in total. The first-order chi connectivity index (χ1) is 8.19. The second-order valence-corrected chi connectivity index (χ2v) is 5.05. The fourth-order valence-corrected chi connectivity index (χ4v) is 2.51. The van der Waals surface area contributed by atoms with Gasteiger partial charge in [-0.1, -0.05) is 29.3 Å². The maximum absolute atomic E-state index is 6.10. The van der Waals surface area contributed by atoms with Crippen LogP contribution in [0.1, 0.15) is 18.3 Å². The van der Waals surface area contributed by atoms with Crippen LogP contribution in [0.2, 0.25) is 10.0 Å². The molecular formula is C11H11Cl2N3S. The normalized spacial score (nSPS) is 10.5. The Bertz CT molecular complexity index is 513. The molecule has 0 amide bonds. The van der Waals surface area contributed by atoms with Crippen LogP contribution in [0.15, 0.2) is 18.2 Å². The maximum Gasteiger partial charge on any atom is 0.202 e. The molecule has 17 heavy (non-hydrogen) atoms. The second kappa shape index (κ2) is 5.67. The maximum atomic E-state index is 6.10. The van der Waals surface area contributed by atoms with Gasteiger partial charge in [-0.3, -0.25) is 0 Å². The highest BCUT2D eigenvalue weighted by molar-refractivity contribution is 7.09. The van der Waals surface area contributed by atoms with E-state index in [4.69, 9.17) is 23.2 Å². The van der Waals surface area contributed by atoms with E-state index in [0.717, 1.165) is 23.1 Å². The molecule has 2 aromatic rings. The molecule has 2 rings (SSSR count). The van der Waals surface area contributed by atoms with Crippen molar-refractivity contribution in [2.24, 2.45) is 0 Å². The lowest BCUT2D eigenvalue weighted by Crippen LogP contribution is -1.96. The van der Waals surface area contributed by atoms with Gasteiger partial charge < -0.3 is 5.32 Å². The molecule has 0 saturated carbocycles. The highest BCUT2D eigenvalue weighted by Gasteiger charge is 2.07. The minimum absolute atomic E-state index is 0.623.